The van der Waals surface area contributed by atoms with Crippen molar-refractivity contribution in [2.45, 2.75) is 32.6 Å². The topological polar surface area (TPSA) is 32.3 Å². The molecular formula is C17H26N2O. The first-order chi connectivity index (χ1) is 9.58. The Kier molecular flexibility index (Phi) is 5.05. The number of amides is 1. The molecule has 1 aromatic carbocycles. The average molecular weight is 274 g/mol. The third-order valence-corrected chi connectivity index (χ3v) is 4.40. The van der Waals surface area contributed by atoms with Gasteiger partial charge in [0.15, 0.2) is 0 Å². The standard InChI is InChI=1S/C17H26N2O/c1-13-6-4-5-7-15(13)12-18-16-10-8-14(9-11-16)17(20)19(2)3/h8-11,13,15,18H,4-7,12H2,1-3H3. The van der Waals surface area contributed by atoms with Gasteiger partial charge in [0.2, 0.25) is 0 Å². The first kappa shape index (κ1) is 14.9. The molecule has 2 unspecified atom stereocenters. The van der Waals surface area contributed by atoms with Crippen molar-refractivity contribution in [3.63, 3.8) is 0 Å². The van der Waals surface area contributed by atoms with Gasteiger partial charge >= 0.3 is 0 Å². The van der Waals surface area contributed by atoms with E-state index >= 15 is 0 Å². The van der Waals surface area contributed by atoms with Gasteiger partial charge in [-0.3, -0.25) is 4.79 Å². The van der Waals surface area contributed by atoms with Crippen molar-refractivity contribution in [1.82, 2.24) is 4.90 Å². The third-order valence-electron chi connectivity index (χ3n) is 4.40. The molecule has 1 aliphatic carbocycles. The summed E-state index contributed by atoms with van der Waals surface area (Å²) in [6, 6.07) is 7.80. The molecule has 1 aromatic rings. The summed E-state index contributed by atoms with van der Waals surface area (Å²) in [5.41, 5.74) is 1.85. The van der Waals surface area contributed by atoms with Crippen molar-refractivity contribution < 1.29 is 4.79 Å². The number of nitrogens with zero attached hydrogens (tertiary/aromatic N) is 1. The van der Waals surface area contributed by atoms with Gasteiger partial charge in [-0.2, -0.15) is 0 Å². The van der Waals surface area contributed by atoms with E-state index in [1.54, 1.807) is 19.0 Å². The second-order valence-corrected chi connectivity index (χ2v) is 6.18. The molecule has 0 aliphatic heterocycles. The van der Waals surface area contributed by atoms with Crippen LogP contribution in [0.1, 0.15) is 43.0 Å². The maximum Gasteiger partial charge on any atom is 0.253 e. The summed E-state index contributed by atoms with van der Waals surface area (Å²) < 4.78 is 0. The Balaban J connectivity index is 1.89. The molecule has 20 heavy (non-hydrogen) atoms. The van der Waals surface area contributed by atoms with Crippen LogP contribution in [0, 0.1) is 11.8 Å². The van der Waals surface area contributed by atoms with Crippen LogP contribution in [0.5, 0.6) is 0 Å². The number of carbonyl (C=O) groups excluding carboxylic acids is 1. The third kappa shape index (κ3) is 3.75. The maximum absolute atomic E-state index is 11.8. The van der Waals surface area contributed by atoms with E-state index < -0.39 is 0 Å². The second kappa shape index (κ2) is 6.78. The minimum absolute atomic E-state index is 0.0532. The lowest BCUT2D eigenvalue weighted by atomic mass is 9.80. The molecule has 110 valence electrons. The molecule has 3 heteroatoms. The fourth-order valence-electron chi connectivity index (χ4n) is 2.93. The van der Waals surface area contributed by atoms with Crippen LogP contribution in [0.25, 0.3) is 0 Å². The van der Waals surface area contributed by atoms with Crippen LogP contribution < -0.4 is 5.32 Å². The molecule has 2 rings (SSSR count). The Bertz CT molecular complexity index is 439. The molecule has 0 spiro atoms. The van der Waals surface area contributed by atoms with Crippen LogP contribution in [0.3, 0.4) is 0 Å². The summed E-state index contributed by atoms with van der Waals surface area (Å²) in [5, 5.41) is 3.52. The van der Waals surface area contributed by atoms with Gasteiger partial charge in [0.05, 0.1) is 0 Å². The van der Waals surface area contributed by atoms with E-state index in [4.69, 9.17) is 0 Å². The van der Waals surface area contributed by atoms with Crippen LogP contribution >= 0.6 is 0 Å². The highest BCUT2D eigenvalue weighted by Crippen LogP contribution is 2.29. The molecule has 1 N–H and O–H groups in total. The SMILES string of the molecule is CC1CCCCC1CNc1ccc(C(=O)N(C)C)cc1. The molecule has 1 saturated carbocycles. The van der Waals surface area contributed by atoms with E-state index in [0.29, 0.717) is 0 Å². The van der Waals surface area contributed by atoms with Crippen LogP contribution in [0.2, 0.25) is 0 Å². The van der Waals surface area contributed by atoms with Gasteiger partial charge in [-0.25, -0.2) is 0 Å². The van der Waals surface area contributed by atoms with E-state index in [0.717, 1.165) is 29.6 Å². The number of benzene rings is 1. The maximum atomic E-state index is 11.8. The van der Waals surface area contributed by atoms with Crippen molar-refractivity contribution in [2.24, 2.45) is 11.8 Å². The van der Waals surface area contributed by atoms with Crippen LogP contribution in [0.15, 0.2) is 24.3 Å². The van der Waals surface area contributed by atoms with Gasteiger partial charge < -0.3 is 10.2 Å². The monoisotopic (exact) mass is 274 g/mol. The van der Waals surface area contributed by atoms with Gasteiger partial charge in [-0.05, 0) is 42.5 Å². The van der Waals surface area contributed by atoms with E-state index in [9.17, 15) is 4.79 Å². The summed E-state index contributed by atoms with van der Waals surface area (Å²) in [5.74, 6) is 1.66. The van der Waals surface area contributed by atoms with Gasteiger partial charge in [0, 0.05) is 31.9 Å². The highest BCUT2D eigenvalue weighted by Gasteiger charge is 2.20. The van der Waals surface area contributed by atoms with E-state index in [-0.39, 0.29) is 5.91 Å². The van der Waals surface area contributed by atoms with Crippen molar-refractivity contribution in [2.75, 3.05) is 26.0 Å². The highest BCUT2D eigenvalue weighted by atomic mass is 16.2. The van der Waals surface area contributed by atoms with Gasteiger partial charge in [-0.1, -0.05) is 26.2 Å². The van der Waals surface area contributed by atoms with E-state index in [1.807, 2.05) is 24.3 Å². The number of hydrogen-bond donors (Lipinski definition) is 1. The van der Waals surface area contributed by atoms with Crippen molar-refractivity contribution in [3.05, 3.63) is 29.8 Å². The molecular weight excluding hydrogens is 248 g/mol. The predicted molar refractivity (Wildman–Crippen MR) is 84.1 cm³/mol. The number of rotatable bonds is 4. The smallest absolute Gasteiger partial charge is 0.253 e. The lowest BCUT2D eigenvalue weighted by Gasteiger charge is -2.29. The fraction of sp³-hybridized carbons (Fsp3) is 0.588. The summed E-state index contributed by atoms with van der Waals surface area (Å²) in [6.07, 6.45) is 5.46. The van der Waals surface area contributed by atoms with Gasteiger partial charge in [-0.15, -0.1) is 0 Å². The van der Waals surface area contributed by atoms with Gasteiger partial charge in [0.1, 0.15) is 0 Å². The van der Waals surface area contributed by atoms with Crippen molar-refractivity contribution in [1.29, 1.82) is 0 Å². The second-order valence-electron chi connectivity index (χ2n) is 6.18. The van der Waals surface area contributed by atoms with E-state index in [2.05, 4.69) is 12.2 Å². The minimum Gasteiger partial charge on any atom is -0.385 e. The molecule has 0 aromatic heterocycles. The quantitative estimate of drug-likeness (QED) is 0.909. The first-order valence-electron chi connectivity index (χ1n) is 7.63. The normalized spacial score (nSPS) is 22.4. The Hall–Kier alpha value is -1.51. The Labute approximate surface area is 122 Å². The van der Waals surface area contributed by atoms with Crippen LogP contribution in [-0.2, 0) is 0 Å². The van der Waals surface area contributed by atoms with Crippen LogP contribution in [-0.4, -0.2) is 31.4 Å². The summed E-state index contributed by atoms with van der Waals surface area (Å²) >= 11 is 0. The fourth-order valence-corrected chi connectivity index (χ4v) is 2.93. The molecule has 1 fully saturated rings. The number of hydrogen-bond acceptors (Lipinski definition) is 2. The molecule has 0 saturated heterocycles. The first-order valence-corrected chi connectivity index (χ1v) is 7.63. The van der Waals surface area contributed by atoms with E-state index in [1.165, 1.54) is 25.7 Å². The summed E-state index contributed by atoms with van der Waals surface area (Å²) in [6.45, 7) is 3.41. The Morgan fingerprint density at radius 2 is 1.85 bits per heavy atom. The molecule has 0 heterocycles. The highest BCUT2D eigenvalue weighted by molar-refractivity contribution is 5.94. The largest absolute Gasteiger partial charge is 0.385 e. The molecule has 2 atom stereocenters. The molecule has 3 nitrogen and oxygen atoms in total. The molecule has 1 aliphatic rings. The number of anilines is 1. The van der Waals surface area contributed by atoms with Gasteiger partial charge in [0.25, 0.3) is 5.91 Å². The zero-order valence-electron chi connectivity index (χ0n) is 12.9. The average Bonchev–Trinajstić information content (AvgIpc) is 2.46. The van der Waals surface area contributed by atoms with Crippen molar-refractivity contribution in [3.8, 4) is 0 Å². The predicted octanol–water partition coefficient (Wildman–Crippen LogP) is 3.63. The zero-order valence-corrected chi connectivity index (χ0v) is 12.9. The Morgan fingerprint density at radius 1 is 1.20 bits per heavy atom. The zero-order chi connectivity index (χ0) is 14.5. The lowest BCUT2D eigenvalue weighted by Crippen LogP contribution is -2.24. The number of carbonyl (C=O) groups is 1. The van der Waals surface area contributed by atoms with Crippen molar-refractivity contribution >= 4 is 11.6 Å². The molecule has 1 amide bonds. The van der Waals surface area contributed by atoms with Crippen LogP contribution in [0.4, 0.5) is 5.69 Å². The minimum atomic E-state index is 0.0532. The summed E-state index contributed by atoms with van der Waals surface area (Å²) in [4.78, 5) is 13.4. The Morgan fingerprint density at radius 3 is 2.45 bits per heavy atom. The molecule has 0 radical (unpaired) electrons. The number of nitrogens with one attached hydrogen (secondary N) is 1. The lowest BCUT2D eigenvalue weighted by molar-refractivity contribution is 0.0827. The summed E-state index contributed by atoms with van der Waals surface area (Å²) in [7, 11) is 3.55. The molecule has 0 bridgehead atoms.